The number of hydrogen-bond donors (Lipinski definition) is 2. The molecule has 5 rings (SSSR count). The highest BCUT2D eigenvalue weighted by Gasteiger charge is 2.22. The summed E-state index contributed by atoms with van der Waals surface area (Å²) in [6.45, 7) is 1.68. The number of sulfonamides is 1. The number of fused-ring (bicyclic) bond motifs is 2. The maximum absolute atomic E-state index is 13.1. The first-order valence-corrected chi connectivity index (χ1v) is 10.9. The highest BCUT2D eigenvalue weighted by atomic mass is 32.2. The molecule has 1 aromatic heterocycles. The molecule has 0 amide bonds. The van der Waals surface area contributed by atoms with Crippen molar-refractivity contribution in [2.24, 2.45) is 0 Å². The Morgan fingerprint density at radius 2 is 1.69 bits per heavy atom. The molecule has 0 fully saturated rings. The summed E-state index contributed by atoms with van der Waals surface area (Å²) in [4.78, 5) is 0.00678. The number of nitrogens with zero attached hydrogens (tertiary/aromatic N) is 2. The van der Waals surface area contributed by atoms with Crippen LogP contribution < -0.4 is 14.2 Å². The molecule has 0 bridgehead atoms. The number of aromatic nitrogens is 2. The van der Waals surface area contributed by atoms with Gasteiger partial charge in [0, 0.05) is 17.0 Å². The molecule has 0 unspecified atom stereocenters. The zero-order valence-corrected chi connectivity index (χ0v) is 17.2. The number of rotatable bonds is 4. The van der Waals surface area contributed by atoms with Crippen molar-refractivity contribution in [3.8, 4) is 28.5 Å². The molecule has 0 saturated heterocycles. The van der Waals surface area contributed by atoms with Crippen molar-refractivity contribution in [3.05, 3.63) is 66.4 Å². The topological polar surface area (TPSA) is 111 Å². The van der Waals surface area contributed by atoms with Crippen LogP contribution in [-0.2, 0) is 10.0 Å². The Hall–Kier alpha value is -3.85. The SMILES string of the molecule is C.Cc1nnc(-c2ccc(O)c3ccccc23)cc1S(=O)(=O)Nc1ccc2c(c1)OCO2. The van der Waals surface area contributed by atoms with Crippen molar-refractivity contribution in [2.75, 3.05) is 11.5 Å². The second-order valence-corrected chi connectivity index (χ2v) is 8.68. The number of hydrogen-bond acceptors (Lipinski definition) is 7. The van der Waals surface area contributed by atoms with Crippen molar-refractivity contribution in [2.45, 2.75) is 19.2 Å². The summed E-state index contributed by atoms with van der Waals surface area (Å²) in [5.74, 6) is 1.17. The monoisotopic (exact) mass is 451 g/mol. The van der Waals surface area contributed by atoms with Gasteiger partial charge in [-0.25, -0.2) is 8.42 Å². The number of benzene rings is 3. The largest absolute Gasteiger partial charge is 0.507 e. The predicted octanol–water partition coefficient (Wildman–Crippen LogP) is 4.48. The van der Waals surface area contributed by atoms with Crippen LogP contribution >= 0.6 is 0 Å². The fourth-order valence-electron chi connectivity index (χ4n) is 3.52. The molecular weight excluding hydrogens is 430 g/mol. The van der Waals surface area contributed by atoms with E-state index in [2.05, 4.69) is 14.9 Å². The second-order valence-electron chi connectivity index (χ2n) is 7.03. The summed E-state index contributed by atoms with van der Waals surface area (Å²) in [5.41, 5.74) is 1.66. The minimum absolute atomic E-state index is 0. The molecule has 0 radical (unpaired) electrons. The number of phenols is 1. The summed E-state index contributed by atoms with van der Waals surface area (Å²) >= 11 is 0. The van der Waals surface area contributed by atoms with Crippen LogP contribution in [0.3, 0.4) is 0 Å². The first-order valence-electron chi connectivity index (χ1n) is 9.40. The van der Waals surface area contributed by atoms with Gasteiger partial charge in [-0.2, -0.15) is 10.2 Å². The highest BCUT2D eigenvalue weighted by Crippen LogP contribution is 2.36. The summed E-state index contributed by atoms with van der Waals surface area (Å²) in [5, 5.41) is 19.8. The number of phenolic OH excluding ortho intramolecular Hbond substituents is 1. The average molecular weight is 452 g/mol. The van der Waals surface area contributed by atoms with Gasteiger partial charge in [0.15, 0.2) is 11.5 Å². The van der Waals surface area contributed by atoms with Gasteiger partial charge in [-0.1, -0.05) is 31.7 Å². The van der Waals surface area contributed by atoms with Crippen LogP contribution in [0.5, 0.6) is 17.2 Å². The van der Waals surface area contributed by atoms with E-state index in [4.69, 9.17) is 9.47 Å². The fraction of sp³-hybridized carbons (Fsp3) is 0.130. The van der Waals surface area contributed by atoms with E-state index in [1.54, 1.807) is 43.3 Å². The van der Waals surface area contributed by atoms with Crippen LogP contribution in [0.4, 0.5) is 5.69 Å². The molecule has 164 valence electrons. The van der Waals surface area contributed by atoms with E-state index in [1.807, 2.05) is 18.2 Å². The Morgan fingerprint density at radius 3 is 2.50 bits per heavy atom. The Morgan fingerprint density at radius 1 is 0.938 bits per heavy atom. The van der Waals surface area contributed by atoms with E-state index in [-0.39, 0.29) is 30.6 Å². The Kier molecular flexibility index (Phi) is 5.35. The van der Waals surface area contributed by atoms with Crippen molar-refractivity contribution in [1.29, 1.82) is 0 Å². The van der Waals surface area contributed by atoms with Gasteiger partial charge in [-0.05, 0) is 42.6 Å². The second kappa shape index (κ2) is 8.01. The minimum atomic E-state index is -3.95. The maximum Gasteiger partial charge on any atom is 0.263 e. The van der Waals surface area contributed by atoms with Crippen molar-refractivity contribution < 1.29 is 23.0 Å². The normalized spacial score (nSPS) is 12.4. The zero-order chi connectivity index (χ0) is 21.6. The molecule has 1 aliphatic heterocycles. The molecule has 3 aromatic carbocycles. The third-order valence-electron chi connectivity index (χ3n) is 5.02. The molecule has 2 heterocycles. The molecule has 0 atom stereocenters. The molecular formula is C23H21N3O5S. The van der Waals surface area contributed by atoms with Gasteiger partial charge < -0.3 is 14.6 Å². The quantitative estimate of drug-likeness (QED) is 0.471. The number of anilines is 1. The zero-order valence-electron chi connectivity index (χ0n) is 16.4. The molecule has 8 nitrogen and oxygen atoms in total. The highest BCUT2D eigenvalue weighted by molar-refractivity contribution is 7.92. The molecule has 1 aliphatic rings. The Balaban J connectivity index is 0.00000245. The third-order valence-corrected chi connectivity index (χ3v) is 6.52. The summed E-state index contributed by atoms with van der Waals surface area (Å²) < 4.78 is 39.4. The molecule has 2 N–H and O–H groups in total. The first-order chi connectivity index (χ1) is 14.9. The standard InChI is InChI=1S/C22H17N3O5S.CH4/c1-13-22(31(27,28)25-14-6-9-20-21(10-14)30-12-29-20)11-18(24-23-13)16-7-8-19(26)17-5-3-2-4-15(16)17;/h2-11,25-26H,12H2,1H3;1H4. The number of ether oxygens (including phenoxy) is 2. The predicted molar refractivity (Wildman–Crippen MR) is 121 cm³/mol. The van der Waals surface area contributed by atoms with Gasteiger partial charge in [-0.15, -0.1) is 0 Å². The molecule has 32 heavy (non-hydrogen) atoms. The number of aromatic hydroxyl groups is 1. The fourth-order valence-corrected chi connectivity index (χ4v) is 4.76. The minimum Gasteiger partial charge on any atom is -0.507 e. The lowest BCUT2D eigenvalue weighted by molar-refractivity contribution is 0.174. The molecule has 0 saturated carbocycles. The van der Waals surface area contributed by atoms with Gasteiger partial charge in [-0.3, -0.25) is 4.72 Å². The van der Waals surface area contributed by atoms with Crippen LogP contribution in [0.1, 0.15) is 13.1 Å². The lowest BCUT2D eigenvalue weighted by Crippen LogP contribution is -2.15. The lowest BCUT2D eigenvalue weighted by Gasteiger charge is -2.12. The van der Waals surface area contributed by atoms with Crippen molar-refractivity contribution in [1.82, 2.24) is 10.2 Å². The Bertz CT molecular complexity index is 1440. The van der Waals surface area contributed by atoms with Crippen LogP contribution in [0.25, 0.3) is 22.0 Å². The molecule has 0 aliphatic carbocycles. The summed E-state index contributed by atoms with van der Waals surface area (Å²) in [6, 6.07) is 16.8. The first kappa shape index (κ1) is 21.4. The van der Waals surface area contributed by atoms with Crippen LogP contribution in [-0.4, -0.2) is 30.5 Å². The van der Waals surface area contributed by atoms with Crippen molar-refractivity contribution >= 4 is 26.5 Å². The van der Waals surface area contributed by atoms with E-state index in [0.717, 1.165) is 5.39 Å². The van der Waals surface area contributed by atoms with Crippen LogP contribution in [0.2, 0.25) is 0 Å². The van der Waals surface area contributed by atoms with E-state index < -0.39 is 10.0 Å². The summed E-state index contributed by atoms with van der Waals surface area (Å²) in [7, 11) is -3.95. The van der Waals surface area contributed by atoms with Gasteiger partial charge >= 0.3 is 0 Å². The number of nitrogens with one attached hydrogen (secondary N) is 1. The number of aryl methyl sites for hydroxylation is 1. The van der Waals surface area contributed by atoms with E-state index in [0.29, 0.717) is 33.8 Å². The van der Waals surface area contributed by atoms with Crippen LogP contribution in [0, 0.1) is 6.92 Å². The summed E-state index contributed by atoms with van der Waals surface area (Å²) in [6.07, 6.45) is 0. The van der Waals surface area contributed by atoms with E-state index in [1.165, 1.54) is 6.07 Å². The van der Waals surface area contributed by atoms with E-state index >= 15 is 0 Å². The van der Waals surface area contributed by atoms with Gasteiger partial charge in [0.1, 0.15) is 10.6 Å². The van der Waals surface area contributed by atoms with E-state index in [9.17, 15) is 13.5 Å². The molecule has 4 aromatic rings. The lowest BCUT2D eigenvalue weighted by atomic mass is 10.0. The Labute approximate surface area is 185 Å². The molecule has 0 spiro atoms. The average Bonchev–Trinajstić information content (AvgIpc) is 3.22. The van der Waals surface area contributed by atoms with Gasteiger partial charge in [0.25, 0.3) is 10.0 Å². The smallest absolute Gasteiger partial charge is 0.263 e. The van der Waals surface area contributed by atoms with Gasteiger partial charge in [0.2, 0.25) is 6.79 Å². The van der Waals surface area contributed by atoms with Crippen LogP contribution in [0.15, 0.2) is 65.6 Å². The third kappa shape index (κ3) is 3.67. The van der Waals surface area contributed by atoms with Crippen molar-refractivity contribution in [3.63, 3.8) is 0 Å². The van der Waals surface area contributed by atoms with Gasteiger partial charge in [0.05, 0.1) is 17.1 Å². The molecule has 9 heteroatoms. The maximum atomic E-state index is 13.1.